The minimum Gasteiger partial charge on any atom is -0.378 e. The maximum absolute atomic E-state index is 14.2. The Balaban J connectivity index is 1.33. The highest BCUT2D eigenvalue weighted by atomic mass is 19.4. The number of ether oxygens (including phenoxy) is 1. The van der Waals surface area contributed by atoms with E-state index in [0.717, 1.165) is 30.7 Å². The van der Waals surface area contributed by atoms with Crippen LogP contribution in [0.1, 0.15) is 84.4 Å². The number of carbonyl (C=O) groups is 1. The van der Waals surface area contributed by atoms with Gasteiger partial charge in [-0.15, -0.1) is 10.2 Å². The molecule has 3 aromatic rings. The van der Waals surface area contributed by atoms with Gasteiger partial charge in [-0.05, 0) is 86.9 Å². The molecule has 0 saturated heterocycles. The van der Waals surface area contributed by atoms with Crippen molar-refractivity contribution in [3.05, 3.63) is 76.4 Å². The summed E-state index contributed by atoms with van der Waals surface area (Å²) in [7, 11) is 1.89. The molecule has 40 heavy (non-hydrogen) atoms. The van der Waals surface area contributed by atoms with Crippen molar-refractivity contribution in [3.8, 4) is 0 Å². The van der Waals surface area contributed by atoms with E-state index in [1.54, 1.807) is 18.5 Å². The predicted octanol–water partition coefficient (Wildman–Crippen LogP) is 5.51. The zero-order valence-electron chi connectivity index (χ0n) is 23.0. The number of alkyl halides is 3. The number of carbonyl (C=O) groups excluding carboxylic acids is 1. The Kier molecular flexibility index (Phi) is 6.53. The number of hydrogen-bond acceptors (Lipinski definition) is 5. The molecule has 0 atom stereocenters. The first kappa shape index (κ1) is 27.0. The molecule has 10 heteroatoms. The number of nitrogens with zero attached hydrogens (tertiary/aromatic N) is 4. The van der Waals surface area contributed by atoms with Crippen LogP contribution in [-0.4, -0.2) is 38.9 Å². The largest absolute Gasteiger partial charge is 0.416 e. The van der Waals surface area contributed by atoms with Gasteiger partial charge in [-0.3, -0.25) is 4.79 Å². The van der Waals surface area contributed by atoms with Gasteiger partial charge in [0.25, 0.3) is 5.91 Å². The van der Waals surface area contributed by atoms with Gasteiger partial charge in [0.15, 0.2) is 0 Å². The topological polar surface area (TPSA) is 72.3 Å². The third-order valence-electron chi connectivity index (χ3n) is 8.99. The number of fused-ring (bicyclic) bond motifs is 1. The van der Waals surface area contributed by atoms with Crippen molar-refractivity contribution in [1.29, 1.82) is 0 Å². The molecule has 2 aromatic carbocycles. The van der Waals surface area contributed by atoms with E-state index in [0.29, 0.717) is 30.7 Å². The Morgan fingerprint density at radius 2 is 1.95 bits per heavy atom. The number of aryl methyl sites for hydroxylation is 1. The molecule has 1 amide bonds. The maximum atomic E-state index is 14.2. The molecule has 1 N–H and O–H groups in total. The van der Waals surface area contributed by atoms with Crippen molar-refractivity contribution in [2.45, 2.75) is 82.3 Å². The van der Waals surface area contributed by atoms with Crippen molar-refractivity contribution in [3.63, 3.8) is 0 Å². The number of nitrogens with one attached hydrogen (secondary N) is 1. The number of halogens is 3. The summed E-state index contributed by atoms with van der Waals surface area (Å²) in [6, 6.07) is 10.4. The molecule has 212 valence electrons. The second-order valence-electron chi connectivity index (χ2n) is 11.7. The number of benzene rings is 2. The molecule has 2 fully saturated rings. The van der Waals surface area contributed by atoms with Crippen LogP contribution in [0.3, 0.4) is 0 Å². The van der Waals surface area contributed by atoms with Crippen LogP contribution in [0.5, 0.6) is 0 Å². The Labute approximate surface area is 231 Å². The van der Waals surface area contributed by atoms with Crippen molar-refractivity contribution >= 4 is 11.6 Å². The van der Waals surface area contributed by atoms with Gasteiger partial charge in [0, 0.05) is 37.0 Å². The lowest BCUT2D eigenvalue weighted by atomic mass is 9.62. The number of hydrogen-bond donors (Lipinski definition) is 1. The standard InChI is InChI=1S/C30H34F3N5O2/c1-4-40-22-14-29(15-22,27-36-35-18-37(27)3)20-7-5-8-21(13-20)38-17-24-23(26(38)39)11-19(12-25(24)30(31,32)33)16-34-28(2)9-6-10-28/h5,7-8,11-13,18,22,34H,4,6,9-10,14-17H2,1-3H3/t22-,29-. The summed E-state index contributed by atoms with van der Waals surface area (Å²) >= 11 is 0. The van der Waals surface area contributed by atoms with Gasteiger partial charge in [0.1, 0.15) is 12.2 Å². The second-order valence-corrected chi connectivity index (χ2v) is 11.7. The van der Waals surface area contributed by atoms with E-state index >= 15 is 0 Å². The molecule has 0 radical (unpaired) electrons. The molecule has 0 bridgehead atoms. The van der Waals surface area contributed by atoms with Crippen molar-refractivity contribution < 1.29 is 22.7 Å². The summed E-state index contributed by atoms with van der Waals surface area (Å²) in [4.78, 5) is 15.1. The molecule has 0 spiro atoms. The van der Waals surface area contributed by atoms with Gasteiger partial charge < -0.3 is 19.5 Å². The Hall–Kier alpha value is -3.24. The van der Waals surface area contributed by atoms with Gasteiger partial charge in [-0.2, -0.15) is 13.2 Å². The summed E-state index contributed by atoms with van der Waals surface area (Å²) in [6.07, 6.45) is 1.68. The van der Waals surface area contributed by atoms with Gasteiger partial charge in [0.2, 0.25) is 0 Å². The van der Waals surface area contributed by atoms with Crippen molar-refractivity contribution in [1.82, 2.24) is 20.1 Å². The molecule has 1 aliphatic heterocycles. The molecule has 6 rings (SSSR count). The minimum absolute atomic E-state index is 0.0320. The SMILES string of the molecule is CCO[C@H]1C[C@](c2cccc(N3Cc4c(cc(CNC5(C)CCC5)cc4C(F)(F)F)C3=O)c2)(c2nncn2C)C1. The number of aromatic nitrogens is 3. The van der Waals surface area contributed by atoms with E-state index < -0.39 is 23.1 Å². The molecule has 0 unspecified atom stereocenters. The highest BCUT2D eigenvalue weighted by Gasteiger charge is 2.51. The highest BCUT2D eigenvalue weighted by Crippen LogP contribution is 2.50. The van der Waals surface area contributed by atoms with Crippen LogP contribution in [0.2, 0.25) is 0 Å². The fourth-order valence-electron chi connectivity index (χ4n) is 6.54. The van der Waals surface area contributed by atoms with Crippen LogP contribution in [0, 0.1) is 0 Å². The summed E-state index contributed by atoms with van der Waals surface area (Å²) in [6.45, 7) is 4.82. The highest BCUT2D eigenvalue weighted by molar-refractivity contribution is 6.10. The van der Waals surface area contributed by atoms with Crippen LogP contribution >= 0.6 is 0 Å². The zero-order chi connectivity index (χ0) is 28.3. The lowest BCUT2D eigenvalue weighted by Crippen LogP contribution is -2.48. The van der Waals surface area contributed by atoms with E-state index in [2.05, 4.69) is 22.4 Å². The van der Waals surface area contributed by atoms with E-state index in [-0.39, 0.29) is 35.9 Å². The Bertz CT molecular complexity index is 1440. The molecular formula is C30H34F3N5O2. The number of anilines is 1. The third-order valence-corrected chi connectivity index (χ3v) is 8.99. The molecule has 7 nitrogen and oxygen atoms in total. The van der Waals surface area contributed by atoms with Gasteiger partial charge in [-0.1, -0.05) is 12.1 Å². The normalized spacial score (nSPS) is 23.6. The third kappa shape index (κ3) is 4.51. The van der Waals surface area contributed by atoms with Crippen LogP contribution in [-0.2, 0) is 36.5 Å². The average Bonchev–Trinajstić information content (AvgIpc) is 3.45. The van der Waals surface area contributed by atoms with Gasteiger partial charge in [0.05, 0.1) is 23.6 Å². The van der Waals surface area contributed by atoms with Crippen LogP contribution in [0.4, 0.5) is 18.9 Å². The first-order valence-corrected chi connectivity index (χ1v) is 13.9. The van der Waals surface area contributed by atoms with Gasteiger partial charge >= 0.3 is 6.18 Å². The smallest absolute Gasteiger partial charge is 0.378 e. The fraction of sp³-hybridized carbons (Fsp3) is 0.500. The first-order chi connectivity index (χ1) is 19.0. The van der Waals surface area contributed by atoms with Crippen molar-refractivity contribution in [2.24, 2.45) is 7.05 Å². The van der Waals surface area contributed by atoms with Crippen LogP contribution in [0.25, 0.3) is 0 Å². The summed E-state index contributed by atoms with van der Waals surface area (Å²) in [5.74, 6) is 0.385. The average molecular weight is 554 g/mol. The van der Waals surface area contributed by atoms with Crippen molar-refractivity contribution in [2.75, 3.05) is 11.5 Å². The van der Waals surface area contributed by atoms with E-state index in [1.165, 1.54) is 11.0 Å². The molecule has 2 saturated carbocycles. The molecule has 1 aromatic heterocycles. The summed E-state index contributed by atoms with van der Waals surface area (Å²) in [5.41, 5.74) is 0.885. The summed E-state index contributed by atoms with van der Waals surface area (Å²) < 4.78 is 50.4. The predicted molar refractivity (Wildman–Crippen MR) is 144 cm³/mol. The lowest BCUT2D eigenvalue weighted by molar-refractivity contribution is -0.138. The Morgan fingerprint density at radius 3 is 2.58 bits per heavy atom. The molecular weight excluding hydrogens is 519 g/mol. The van der Waals surface area contributed by atoms with Crippen LogP contribution < -0.4 is 10.2 Å². The molecule has 3 aliphatic rings. The number of rotatable bonds is 8. The first-order valence-electron chi connectivity index (χ1n) is 13.9. The molecule has 2 heterocycles. The monoisotopic (exact) mass is 553 g/mol. The fourth-order valence-corrected chi connectivity index (χ4v) is 6.54. The quantitative estimate of drug-likeness (QED) is 0.398. The van der Waals surface area contributed by atoms with E-state index in [9.17, 15) is 18.0 Å². The van der Waals surface area contributed by atoms with Gasteiger partial charge in [-0.25, -0.2) is 0 Å². The maximum Gasteiger partial charge on any atom is 0.416 e. The minimum atomic E-state index is -4.56. The van der Waals surface area contributed by atoms with E-state index in [4.69, 9.17) is 4.74 Å². The Morgan fingerprint density at radius 1 is 1.18 bits per heavy atom. The van der Waals surface area contributed by atoms with Crippen LogP contribution in [0.15, 0.2) is 42.7 Å². The molecule has 2 aliphatic carbocycles. The summed E-state index contributed by atoms with van der Waals surface area (Å²) in [5, 5.41) is 11.9. The number of amides is 1. The van der Waals surface area contributed by atoms with E-state index in [1.807, 2.05) is 36.7 Å². The lowest BCUT2D eigenvalue weighted by Gasteiger charge is -2.47. The zero-order valence-corrected chi connectivity index (χ0v) is 23.0. The second kappa shape index (κ2) is 9.69.